The number of aliphatic imine (C=N–C) groups is 1. The minimum atomic E-state index is -0.354. The summed E-state index contributed by atoms with van der Waals surface area (Å²) in [6, 6.07) is 16.9. The SMILES string of the molecule is COC(=O)c1ccc(N=Cc2cc(C)n(-c3ccc(OC)cc3)c2)cc1. The van der Waals surface area contributed by atoms with E-state index in [1.165, 1.54) is 7.11 Å². The number of benzene rings is 2. The van der Waals surface area contributed by atoms with Gasteiger partial charge < -0.3 is 14.0 Å². The summed E-state index contributed by atoms with van der Waals surface area (Å²) in [7, 11) is 3.02. The lowest BCUT2D eigenvalue weighted by atomic mass is 10.2. The fraction of sp³-hybridized carbons (Fsp3) is 0.143. The molecule has 0 saturated heterocycles. The van der Waals surface area contributed by atoms with Crippen molar-refractivity contribution in [3.8, 4) is 11.4 Å². The first-order valence-electron chi connectivity index (χ1n) is 8.16. The topological polar surface area (TPSA) is 52.8 Å². The summed E-state index contributed by atoms with van der Waals surface area (Å²) in [6.45, 7) is 2.05. The molecular weight excluding hydrogens is 328 g/mol. The van der Waals surface area contributed by atoms with E-state index in [-0.39, 0.29) is 5.97 Å². The first-order chi connectivity index (χ1) is 12.6. The van der Waals surface area contributed by atoms with E-state index < -0.39 is 0 Å². The molecule has 5 nitrogen and oxygen atoms in total. The number of rotatable bonds is 5. The molecule has 26 heavy (non-hydrogen) atoms. The van der Waals surface area contributed by atoms with Crippen molar-refractivity contribution in [2.75, 3.05) is 14.2 Å². The zero-order valence-electron chi connectivity index (χ0n) is 15.0. The fourth-order valence-corrected chi connectivity index (χ4v) is 2.64. The quantitative estimate of drug-likeness (QED) is 0.509. The Hall–Kier alpha value is -3.34. The Kier molecular flexibility index (Phi) is 5.17. The van der Waals surface area contributed by atoms with Crippen LogP contribution in [-0.4, -0.2) is 31.0 Å². The van der Waals surface area contributed by atoms with Crippen molar-refractivity contribution in [3.63, 3.8) is 0 Å². The summed E-state index contributed by atoms with van der Waals surface area (Å²) in [5.74, 6) is 0.475. The number of hydrogen-bond acceptors (Lipinski definition) is 4. The summed E-state index contributed by atoms with van der Waals surface area (Å²) >= 11 is 0. The Bertz CT molecular complexity index is 923. The maximum absolute atomic E-state index is 11.4. The maximum atomic E-state index is 11.4. The molecule has 2 aromatic carbocycles. The van der Waals surface area contributed by atoms with Gasteiger partial charge in [-0.1, -0.05) is 0 Å². The Morgan fingerprint density at radius 2 is 1.73 bits per heavy atom. The minimum Gasteiger partial charge on any atom is -0.497 e. The van der Waals surface area contributed by atoms with Gasteiger partial charge in [-0.25, -0.2) is 4.79 Å². The molecule has 0 N–H and O–H groups in total. The summed E-state index contributed by atoms with van der Waals surface area (Å²) < 4.78 is 12.0. The molecular formula is C21H20N2O3. The van der Waals surface area contributed by atoms with E-state index in [1.54, 1.807) is 37.6 Å². The lowest BCUT2D eigenvalue weighted by Crippen LogP contribution is -1.99. The molecule has 1 heterocycles. The molecule has 0 bridgehead atoms. The van der Waals surface area contributed by atoms with Crippen LogP contribution in [0.25, 0.3) is 5.69 Å². The largest absolute Gasteiger partial charge is 0.497 e. The summed E-state index contributed by atoms with van der Waals surface area (Å²) in [6.07, 6.45) is 3.84. The third-order valence-corrected chi connectivity index (χ3v) is 4.04. The predicted octanol–water partition coefficient (Wildman–Crippen LogP) is 4.33. The second-order valence-corrected chi connectivity index (χ2v) is 5.78. The van der Waals surface area contributed by atoms with E-state index in [9.17, 15) is 4.79 Å². The standard InChI is InChI=1S/C21H20N2O3/c1-15-12-16(14-23(15)19-8-10-20(25-2)11-9-19)13-22-18-6-4-17(5-7-18)21(24)26-3/h4-14H,1-3H3. The van der Waals surface area contributed by atoms with Gasteiger partial charge >= 0.3 is 5.97 Å². The number of aromatic nitrogens is 1. The van der Waals surface area contributed by atoms with Gasteiger partial charge in [0.1, 0.15) is 5.75 Å². The molecule has 0 amide bonds. The van der Waals surface area contributed by atoms with Gasteiger partial charge in [-0.15, -0.1) is 0 Å². The number of nitrogens with zero attached hydrogens (tertiary/aromatic N) is 2. The molecule has 0 fully saturated rings. The molecule has 0 unspecified atom stereocenters. The molecule has 5 heteroatoms. The second-order valence-electron chi connectivity index (χ2n) is 5.78. The predicted molar refractivity (Wildman–Crippen MR) is 102 cm³/mol. The zero-order chi connectivity index (χ0) is 18.5. The summed E-state index contributed by atoms with van der Waals surface area (Å²) in [5.41, 5.74) is 4.44. The van der Waals surface area contributed by atoms with E-state index in [2.05, 4.69) is 20.4 Å². The lowest BCUT2D eigenvalue weighted by molar-refractivity contribution is 0.0601. The molecule has 3 aromatic rings. The van der Waals surface area contributed by atoms with Gasteiger partial charge in [0, 0.05) is 29.4 Å². The number of ether oxygens (including phenoxy) is 2. The van der Waals surface area contributed by atoms with Gasteiger partial charge in [-0.3, -0.25) is 4.99 Å². The van der Waals surface area contributed by atoms with Crippen LogP contribution in [0.1, 0.15) is 21.6 Å². The number of esters is 1. The first-order valence-corrected chi connectivity index (χ1v) is 8.16. The third-order valence-electron chi connectivity index (χ3n) is 4.04. The average molecular weight is 348 g/mol. The Labute approximate surface area is 152 Å². The van der Waals surface area contributed by atoms with Crippen LogP contribution in [0, 0.1) is 6.92 Å². The monoisotopic (exact) mass is 348 g/mol. The van der Waals surface area contributed by atoms with Crippen LogP contribution in [-0.2, 0) is 4.74 Å². The van der Waals surface area contributed by atoms with E-state index in [4.69, 9.17) is 4.74 Å². The van der Waals surface area contributed by atoms with Crippen molar-refractivity contribution in [3.05, 3.63) is 77.6 Å². The van der Waals surface area contributed by atoms with Gasteiger partial charge in [-0.05, 0) is 61.5 Å². The van der Waals surface area contributed by atoms with Gasteiger partial charge in [0.2, 0.25) is 0 Å². The molecule has 0 radical (unpaired) electrons. The Morgan fingerprint density at radius 3 is 2.35 bits per heavy atom. The number of carbonyl (C=O) groups is 1. The minimum absolute atomic E-state index is 0.354. The molecule has 1 aromatic heterocycles. The summed E-state index contributed by atoms with van der Waals surface area (Å²) in [4.78, 5) is 15.9. The van der Waals surface area contributed by atoms with Crippen molar-refractivity contribution in [1.29, 1.82) is 0 Å². The van der Waals surface area contributed by atoms with Crippen LogP contribution in [0.3, 0.4) is 0 Å². The van der Waals surface area contributed by atoms with Crippen LogP contribution in [0.5, 0.6) is 5.75 Å². The molecule has 0 aliphatic carbocycles. The van der Waals surface area contributed by atoms with E-state index in [1.807, 2.05) is 37.4 Å². The van der Waals surface area contributed by atoms with Gasteiger partial charge in [0.25, 0.3) is 0 Å². The Morgan fingerprint density at radius 1 is 1.04 bits per heavy atom. The number of hydrogen-bond donors (Lipinski definition) is 0. The number of aryl methyl sites for hydroxylation is 1. The average Bonchev–Trinajstić information content (AvgIpc) is 3.07. The van der Waals surface area contributed by atoms with Crippen molar-refractivity contribution in [2.24, 2.45) is 4.99 Å². The van der Waals surface area contributed by atoms with Gasteiger partial charge in [0.15, 0.2) is 0 Å². The van der Waals surface area contributed by atoms with E-state index >= 15 is 0 Å². The highest BCUT2D eigenvalue weighted by Crippen LogP contribution is 2.19. The highest BCUT2D eigenvalue weighted by atomic mass is 16.5. The van der Waals surface area contributed by atoms with Crippen LogP contribution in [0.2, 0.25) is 0 Å². The highest BCUT2D eigenvalue weighted by Gasteiger charge is 2.05. The first kappa shape index (κ1) is 17.5. The van der Waals surface area contributed by atoms with Crippen LogP contribution in [0.4, 0.5) is 5.69 Å². The number of methoxy groups -OCH3 is 2. The van der Waals surface area contributed by atoms with Crippen molar-refractivity contribution in [2.45, 2.75) is 6.92 Å². The third kappa shape index (κ3) is 3.83. The van der Waals surface area contributed by atoms with Crippen molar-refractivity contribution in [1.82, 2.24) is 4.57 Å². The lowest BCUT2D eigenvalue weighted by Gasteiger charge is -2.06. The van der Waals surface area contributed by atoms with Gasteiger partial charge in [-0.2, -0.15) is 0 Å². The second kappa shape index (κ2) is 7.70. The molecule has 3 rings (SSSR count). The smallest absolute Gasteiger partial charge is 0.337 e. The molecule has 0 aliphatic heterocycles. The van der Waals surface area contributed by atoms with Crippen molar-refractivity contribution >= 4 is 17.9 Å². The molecule has 0 atom stereocenters. The Balaban J connectivity index is 1.78. The van der Waals surface area contributed by atoms with Crippen molar-refractivity contribution < 1.29 is 14.3 Å². The molecule has 0 aliphatic rings. The molecule has 132 valence electrons. The van der Waals surface area contributed by atoms with Crippen LogP contribution >= 0.6 is 0 Å². The van der Waals surface area contributed by atoms with Crippen LogP contribution in [0.15, 0.2) is 65.8 Å². The maximum Gasteiger partial charge on any atom is 0.337 e. The molecule has 0 saturated carbocycles. The fourth-order valence-electron chi connectivity index (χ4n) is 2.64. The highest BCUT2D eigenvalue weighted by molar-refractivity contribution is 5.90. The van der Waals surface area contributed by atoms with Gasteiger partial charge in [0.05, 0.1) is 25.5 Å². The number of carbonyl (C=O) groups excluding carboxylic acids is 1. The molecule has 0 spiro atoms. The summed E-state index contributed by atoms with van der Waals surface area (Å²) in [5, 5.41) is 0. The van der Waals surface area contributed by atoms with Crippen LogP contribution < -0.4 is 4.74 Å². The van der Waals surface area contributed by atoms with E-state index in [0.717, 1.165) is 28.4 Å². The van der Waals surface area contributed by atoms with E-state index in [0.29, 0.717) is 5.56 Å². The normalized spacial score (nSPS) is 10.9. The zero-order valence-corrected chi connectivity index (χ0v) is 15.0.